The maximum atomic E-state index is 13.3. The maximum Gasteiger partial charge on any atom is 0.279 e. The Morgan fingerprint density at radius 2 is 1.76 bits per heavy atom. The fraction of sp³-hybridized carbons (Fsp3) is 0.158. The van der Waals surface area contributed by atoms with Gasteiger partial charge < -0.3 is 15.0 Å². The first-order valence-corrected chi connectivity index (χ1v) is 8.61. The summed E-state index contributed by atoms with van der Waals surface area (Å²) in [6.07, 6.45) is 3.99. The number of benzene rings is 1. The van der Waals surface area contributed by atoms with Crippen molar-refractivity contribution < 1.29 is 22.7 Å². The van der Waals surface area contributed by atoms with Crippen LogP contribution in [0.2, 0.25) is 0 Å². The number of halogens is 3. The average molecular weight is 401 g/mol. The molecule has 1 amide bonds. The zero-order valence-corrected chi connectivity index (χ0v) is 14.8. The van der Waals surface area contributed by atoms with Gasteiger partial charge in [0.15, 0.2) is 29.0 Å². The lowest BCUT2D eigenvalue weighted by Crippen LogP contribution is -2.54. The molecule has 10 heteroatoms. The van der Waals surface area contributed by atoms with Gasteiger partial charge in [0.05, 0.1) is 13.1 Å². The molecule has 3 heterocycles. The van der Waals surface area contributed by atoms with Crippen molar-refractivity contribution in [1.29, 1.82) is 0 Å². The third-order valence-electron chi connectivity index (χ3n) is 4.21. The van der Waals surface area contributed by atoms with Crippen LogP contribution in [0.3, 0.4) is 0 Å². The Morgan fingerprint density at radius 1 is 1.03 bits per heavy atom. The summed E-state index contributed by atoms with van der Waals surface area (Å²) < 4.78 is 45.1. The molecule has 1 fully saturated rings. The minimum absolute atomic E-state index is 0.107. The van der Waals surface area contributed by atoms with E-state index in [9.17, 15) is 18.0 Å². The lowest BCUT2D eigenvalue weighted by Gasteiger charge is -2.40. The zero-order valence-electron chi connectivity index (χ0n) is 14.8. The summed E-state index contributed by atoms with van der Waals surface area (Å²) in [5.74, 6) is -4.05. The molecule has 7 nitrogen and oxygen atoms in total. The predicted octanol–water partition coefficient (Wildman–Crippen LogP) is 2.81. The van der Waals surface area contributed by atoms with Crippen molar-refractivity contribution in [3.63, 3.8) is 0 Å². The Hall–Kier alpha value is -3.69. The predicted molar refractivity (Wildman–Crippen MR) is 97.2 cm³/mol. The first-order chi connectivity index (χ1) is 14.0. The number of amides is 1. The van der Waals surface area contributed by atoms with E-state index in [2.05, 4.69) is 20.3 Å². The van der Waals surface area contributed by atoms with Crippen molar-refractivity contribution in [3.05, 3.63) is 72.1 Å². The fourth-order valence-electron chi connectivity index (χ4n) is 2.81. The van der Waals surface area contributed by atoms with Crippen molar-refractivity contribution in [1.82, 2.24) is 15.0 Å². The fourth-order valence-corrected chi connectivity index (χ4v) is 2.81. The minimum atomic E-state index is -1.55. The topological polar surface area (TPSA) is 80.2 Å². The standard InChI is InChI=1S/C19H14F3N5O2/c20-13-7-11(8-14(21)16(13)22)29-12-9-27(10-12)18-17(24-5-6-25-18)19(28)26-15-3-1-2-4-23-15/h1-8,12H,9-10H2,(H,23,26,28). The zero-order chi connectivity index (χ0) is 20.4. The second-order valence-corrected chi connectivity index (χ2v) is 6.24. The van der Waals surface area contributed by atoms with E-state index >= 15 is 0 Å². The van der Waals surface area contributed by atoms with Crippen molar-refractivity contribution in [3.8, 4) is 5.75 Å². The summed E-state index contributed by atoms with van der Waals surface area (Å²) in [5.41, 5.74) is 0.107. The first-order valence-electron chi connectivity index (χ1n) is 8.61. The number of carbonyl (C=O) groups excluding carboxylic acids is 1. The highest BCUT2D eigenvalue weighted by atomic mass is 19.2. The summed E-state index contributed by atoms with van der Waals surface area (Å²) in [5, 5.41) is 2.64. The van der Waals surface area contributed by atoms with Gasteiger partial charge in [0.25, 0.3) is 5.91 Å². The quantitative estimate of drug-likeness (QED) is 0.663. The highest BCUT2D eigenvalue weighted by Gasteiger charge is 2.33. The van der Waals surface area contributed by atoms with Crippen molar-refractivity contribution >= 4 is 17.5 Å². The molecule has 29 heavy (non-hydrogen) atoms. The lowest BCUT2D eigenvalue weighted by atomic mass is 10.1. The van der Waals surface area contributed by atoms with Gasteiger partial charge in [-0.2, -0.15) is 0 Å². The van der Waals surface area contributed by atoms with Crippen LogP contribution in [0.1, 0.15) is 10.5 Å². The summed E-state index contributed by atoms with van der Waals surface area (Å²) in [6, 6.07) is 6.67. The van der Waals surface area contributed by atoms with Gasteiger partial charge in [0.2, 0.25) is 0 Å². The molecule has 1 saturated heterocycles. The van der Waals surface area contributed by atoms with Crippen LogP contribution in [-0.4, -0.2) is 40.1 Å². The largest absolute Gasteiger partial charge is 0.487 e. The first kappa shape index (κ1) is 18.7. The molecule has 1 aliphatic rings. The summed E-state index contributed by atoms with van der Waals surface area (Å²) >= 11 is 0. The van der Waals surface area contributed by atoms with Crippen LogP contribution in [0.25, 0.3) is 0 Å². The highest BCUT2D eigenvalue weighted by Crippen LogP contribution is 2.26. The van der Waals surface area contributed by atoms with E-state index in [4.69, 9.17) is 4.74 Å². The number of hydrogen-bond acceptors (Lipinski definition) is 6. The van der Waals surface area contributed by atoms with Gasteiger partial charge in [0.1, 0.15) is 17.7 Å². The average Bonchev–Trinajstić information content (AvgIpc) is 2.69. The molecule has 1 N–H and O–H groups in total. The van der Waals surface area contributed by atoms with E-state index in [1.54, 1.807) is 29.3 Å². The van der Waals surface area contributed by atoms with Crippen molar-refractivity contribution in [2.75, 3.05) is 23.3 Å². The second-order valence-electron chi connectivity index (χ2n) is 6.24. The number of rotatable bonds is 5. The van der Waals surface area contributed by atoms with Crippen molar-refractivity contribution in [2.24, 2.45) is 0 Å². The number of carbonyl (C=O) groups is 1. The van der Waals surface area contributed by atoms with Gasteiger partial charge in [-0.05, 0) is 12.1 Å². The van der Waals surface area contributed by atoms with Crippen LogP contribution in [-0.2, 0) is 0 Å². The third kappa shape index (κ3) is 3.96. The molecule has 0 unspecified atom stereocenters. The Bertz CT molecular complexity index is 1020. The SMILES string of the molecule is O=C(Nc1ccccn1)c1nccnc1N1CC(Oc2cc(F)c(F)c(F)c2)C1. The monoisotopic (exact) mass is 401 g/mol. The molecule has 1 aliphatic heterocycles. The smallest absolute Gasteiger partial charge is 0.279 e. The maximum absolute atomic E-state index is 13.3. The Morgan fingerprint density at radius 3 is 2.45 bits per heavy atom. The second kappa shape index (κ2) is 7.74. The number of nitrogens with one attached hydrogen (secondary N) is 1. The normalized spacial score (nSPS) is 13.7. The number of aromatic nitrogens is 3. The third-order valence-corrected chi connectivity index (χ3v) is 4.21. The van der Waals surface area contributed by atoms with Gasteiger partial charge in [-0.25, -0.2) is 28.1 Å². The molecule has 2 aromatic heterocycles. The summed E-state index contributed by atoms with van der Waals surface area (Å²) in [4.78, 5) is 26.6. The number of hydrogen-bond donors (Lipinski definition) is 1. The van der Waals surface area contributed by atoms with E-state index in [1.165, 1.54) is 12.4 Å². The molecule has 0 saturated carbocycles. The van der Waals surface area contributed by atoms with Gasteiger partial charge in [-0.3, -0.25) is 4.79 Å². The molecule has 3 aromatic rings. The molecule has 0 spiro atoms. The molecule has 1 aromatic carbocycles. The van der Waals surface area contributed by atoms with Crippen molar-refractivity contribution in [2.45, 2.75) is 6.10 Å². The molecule has 0 atom stereocenters. The van der Waals surface area contributed by atoms with Crippen LogP contribution in [0, 0.1) is 17.5 Å². The van der Waals surface area contributed by atoms with Crippen LogP contribution in [0.4, 0.5) is 24.8 Å². The van der Waals surface area contributed by atoms with Crippen LogP contribution in [0.5, 0.6) is 5.75 Å². The van der Waals surface area contributed by atoms with E-state index in [-0.39, 0.29) is 11.4 Å². The van der Waals surface area contributed by atoms with Crippen LogP contribution in [0.15, 0.2) is 48.9 Å². The number of ether oxygens (including phenoxy) is 1. The number of pyridine rings is 1. The van der Waals surface area contributed by atoms with Crippen LogP contribution < -0.4 is 15.0 Å². The Labute approximate surface area is 163 Å². The van der Waals surface area contributed by atoms with Gasteiger partial charge in [-0.1, -0.05) is 6.07 Å². The lowest BCUT2D eigenvalue weighted by molar-refractivity contribution is 0.102. The molecule has 148 valence electrons. The Kier molecular flexibility index (Phi) is 4.98. The van der Waals surface area contributed by atoms with E-state index in [0.717, 1.165) is 12.1 Å². The Balaban J connectivity index is 1.43. The molecular weight excluding hydrogens is 387 g/mol. The molecule has 4 rings (SSSR count). The van der Waals surface area contributed by atoms with E-state index in [1.807, 2.05) is 0 Å². The van der Waals surface area contributed by atoms with E-state index in [0.29, 0.717) is 24.7 Å². The summed E-state index contributed by atoms with van der Waals surface area (Å²) in [6.45, 7) is 0.617. The van der Waals surface area contributed by atoms with Gasteiger partial charge in [-0.15, -0.1) is 0 Å². The van der Waals surface area contributed by atoms with E-state index < -0.39 is 29.5 Å². The molecular formula is C19H14F3N5O2. The number of nitrogens with zero attached hydrogens (tertiary/aromatic N) is 4. The highest BCUT2D eigenvalue weighted by molar-refractivity contribution is 6.05. The minimum Gasteiger partial charge on any atom is -0.487 e. The number of anilines is 2. The van der Waals surface area contributed by atoms with Crippen LogP contribution >= 0.6 is 0 Å². The van der Waals surface area contributed by atoms with Gasteiger partial charge in [0, 0.05) is 30.7 Å². The molecule has 0 radical (unpaired) electrons. The summed E-state index contributed by atoms with van der Waals surface area (Å²) in [7, 11) is 0. The van der Waals surface area contributed by atoms with Gasteiger partial charge >= 0.3 is 0 Å². The molecule has 0 bridgehead atoms. The molecule has 0 aliphatic carbocycles.